The third-order valence-corrected chi connectivity index (χ3v) is 2.16. The largest absolute Gasteiger partial charge is 0.508 e. The fraction of sp³-hybridized carbons (Fsp3) is 0.455. The van der Waals surface area contributed by atoms with Gasteiger partial charge in [-0.3, -0.25) is 0 Å². The summed E-state index contributed by atoms with van der Waals surface area (Å²) >= 11 is 0. The number of nitrogens with two attached hydrogens (primary N) is 2. The minimum atomic E-state index is 0. The van der Waals surface area contributed by atoms with E-state index in [0.29, 0.717) is 6.54 Å². The van der Waals surface area contributed by atoms with Crippen LogP contribution in [0.15, 0.2) is 24.3 Å². The number of nitrogens with one attached hydrogen (secondary N) is 1. The van der Waals surface area contributed by atoms with E-state index in [-0.39, 0.29) is 24.2 Å². The van der Waals surface area contributed by atoms with Crippen LogP contribution in [-0.2, 0) is 6.42 Å². The molecule has 0 spiro atoms. The molecule has 1 unspecified atom stereocenters. The molecule has 5 heteroatoms. The van der Waals surface area contributed by atoms with E-state index in [1.54, 1.807) is 12.1 Å². The Balaban J connectivity index is 0.00000225. The second-order valence-electron chi connectivity index (χ2n) is 3.62. The van der Waals surface area contributed by atoms with Crippen molar-refractivity contribution in [3.05, 3.63) is 29.8 Å². The molecule has 6 N–H and O–H groups in total. The molecule has 0 aliphatic rings. The molecule has 16 heavy (non-hydrogen) atoms. The maximum absolute atomic E-state index is 9.11. The van der Waals surface area contributed by atoms with Gasteiger partial charge >= 0.3 is 0 Å². The van der Waals surface area contributed by atoms with Gasteiger partial charge in [-0.25, -0.2) is 0 Å². The van der Waals surface area contributed by atoms with Crippen LogP contribution in [0.4, 0.5) is 0 Å². The minimum Gasteiger partial charge on any atom is -0.508 e. The SMILES string of the molecule is Cl.NCCNCC(N)Cc1ccc(O)cc1. The van der Waals surface area contributed by atoms with Gasteiger partial charge in [0, 0.05) is 25.7 Å². The number of phenols is 1. The Labute approximate surface area is 102 Å². The maximum Gasteiger partial charge on any atom is 0.115 e. The Morgan fingerprint density at radius 2 is 1.88 bits per heavy atom. The first-order valence-electron chi connectivity index (χ1n) is 5.16. The van der Waals surface area contributed by atoms with E-state index in [1.807, 2.05) is 12.1 Å². The highest BCUT2D eigenvalue weighted by Crippen LogP contribution is 2.10. The van der Waals surface area contributed by atoms with Crippen LogP contribution in [0.1, 0.15) is 5.56 Å². The number of rotatable bonds is 6. The van der Waals surface area contributed by atoms with Crippen LogP contribution >= 0.6 is 12.4 Å². The van der Waals surface area contributed by atoms with E-state index in [0.717, 1.165) is 25.1 Å². The van der Waals surface area contributed by atoms with Crippen LogP contribution in [0.5, 0.6) is 5.75 Å². The molecule has 1 aromatic rings. The van der Waals surface area contributed by atoms with Crippen LogP contribution in [0.3, 0.4) is 0 Å². The second kappa shape index (κ2) is 8.35. The van der Waals surface area contributed by atoms with E-state index in [2.05, 4.69) is 5.32 Å². The van der Waals surface area contributed by atoms with Crippen molar-refractivity contribution in [2.75, 3.05) is 19.6 Å². The minimum absolute atomic E-state index is 0. The average Bonchev–Trinajstić information content (AvgIpc) is 2.22. The lowest BCUT2D eigenvalue weighted by Gasteiger charge is -2.12. The van der Waals surface area contributed by atoms with Gasteiger partial charge in [0.15, 0.2) is 0 Å². The highest BCUT2D eigenvalue weighted by molar-refractivity contribution is 5.85. The first-order valence-corrected chi connectivity index (χ1v) is 5.16. The van der Waals surface area contributed by atoms with E-state index in [9.17, 15) is 0 Å². The topological polar surface area (TPSA) is 84.3 Å². The Bertz CT molecular complexity index is 279. The number of benzene rings is 1. The number of halogens is 1. The standard InChI is InChI=1S/C11H19N3O.ClH/c12-5-6-14-8-10(13)7-9-1-3-11(15)4-2-9;/h1-4,10,14-15H,5-8,12-13H2;1H. The molecule has 0 amide bonds. The molecule has 0 aliphatic carbocycles. The smallest absolute Gasteiger partial charge is 0.115 e. The third kappa shape index (κ3) is 5.92. The molecular formula is C11H20ClN3O. The van der Waals surface area contributed by atoms with E-state index < -0.39 is 0 Å². The lowest BCUT2D eigenvalue weighted by Crippen LogP contribution is -2.37. The van der Waals surface area contributed by atoms with Gasteiger partial charge < -0.3 is 21.9 Å². The summed E-state index contributed by atoms with van der Waals surface area (Å²) in [6.07, 6.45) is 0.803. The monoisotopic (exact) mass is 245 g/mol. The summed E-state index contributed by atoms with van der Waals surface area (Å²) in [6.45, 7) is 2.19. The predicted molar refractivity (Wildman–Crippen MR) is 69.0 cm³/mol. The van der Waals surface area contributed by atoms with E-state index >= 15 is 0 Å². The van der Waals surface area contributed by atoms with Gasteiger partial charge in [0.1, 0.15) is 5.75 Å². The first-order chi connectivity index (χ1) is 7.22. The molecular weight excluding hydrogens is 226 g/mol. The van der Waals surface area contributed by atoms with Gasteiger partial charge in [0.2, 0.25) is 0 Å². The van der Waals surface area contributed by atoms with Crippen molar-refractivity contribution >= 4 is 12.4 Å². The van der Waals surface area contributed by atoms with Gasteiger partial charge in [-0.15, -0.1) is 12.4 Å². The van der Waals surface area contributed by atoms with Crippen molar-refractivity contribution in [3.63, 3.8) is 0 Å². The highest BCUT2D eigenvalue weighted by atomic mass is 35.5. The predicted octanol–water partition coefficient (Wildman–Crippen LogP) is 0.232. The second-order valence-corrected chi connectivity index (χ2v) is 3.62. The van der Waals surface area contributed by atoms with Crippen molar-refractivity contribution in [3.8, 4) is 5.75 Å². The van der Waals surface area contributed by atoms with Crippen molar-refractivity contribution < 1.29 is 5.11 Å². The van der Waals surface area contributed by atoms with E-state index in [4.69, 9.17) is 16.6 Å². The summed E-state index contributed by atoms with van der Waals surface area (Å²) in [7, 11) is 0. The van der Waals surface area contributed by atoms with Gasteiger partial charge in [-0.2, -0.15) is 0 Å². The maximum atomic E-state index is 9.11. The molecule has 0 saturated heterocycles. The molecule has 92 valence electrons. The molecule has 4 nitrogen and oxygen atoms in total. The molecule has 1 atom stereocenters. The Hall–Kier alpha value is -0.810. The molecule has 0 aromatic heterocycles. The average molecular weight is 246 g/mol. The number of hydrogen-bond acceptors (Lipinski definition) is 4. The van der Waals surface area contributed by atoms with Crippen molar-refractivity contribution in [2.45, 2.75) is 12.5 Å². The Morgan fingerprint density at radius 1 is 1.25 bits per heavy atom. The van der Waals surface area contributed by atoms with Crippen molar-refractivity contribution in [1.29, 1.82) is 0 Å². The van der Waals surface area contributed by atoms with Gasteiger partial charge in [-0.05, 0) is 24.1 Å². The molecule has 1 rings (SSSR count). The zero-order chi connectivity index (χ0) is 11.1. The van der Waals surface area contributed by atoms with Gasteiger partial charge in [0.05, 0.1) is 0 Å². The van der Waals surface area contributed by atoms with Crippen LogP contribution in [-0.4, -0.2) is 30.8 Å². The van der Waals surface area contributed by atoms with E-state index in [1.165, 1.54) is 0 Å². The zero-order valence-corrected chi connectivity index (χ0v) is 10.0. The van der Waals surface area contributed by atoms with Crippen LogP contribution in [0, 0.1) is 0 Å². The summed E-state index contributed by atoms with van der Waals surface area (Å²) in [4.78, 5) is 0. The van der Waals surface area contributed by atoms with Gasteiger partial charge in [0.25, 0.3) is 0 Å². The van der Waals surface area contributed by atoms with Crippen LogP contribution < -0.4 is 16.8 Å². The zero-order valence-electron chi connectivity index (χ0n) is 9.23. The molecule has 0 heterocycles. The lowest BCUT2D eigenvalue weighted by molar-refractivity contribution is 0.475. The molecule has 0 aliphatic heterocycles. The lowest BCUT2D eigenvalue weighted by atomic mass is 10.1. The summed E-state index contributed by atoms with van der Waals surface area (Å²) < 4.78 is 0. The molecule has 0 saturated carbocycles. The Kier molecular flexibility index (Phi) is 7.93. The normalized spacial score (nSPS) is 11.9. The summed E-state index contributed by atoms with van der Waals surface area (Å²) in [6, 6.07) is 7.21. The summed E-state index contributed by atoms with van der Waals surface area (Å²) in [5, 5.41) is 12.3. The first kappa shape index (κ1) is 15.2. The third-order valence-electron chi connectivity index (χ3n) is 2.16. The number of aromatic hydroxyl groups is 1. The Morgan fingerprint density at radius 3 is 2.44 bits per heavy atom. The van der Waals surface area contributed by atoms with Crippen LogP contribution in [0.25, 0.3) is 0 Å². The fourth-order valence-corrected chi connectivity index (χ4v) is 1.40. The van der Waals surface area contributed by atoms with Crippen molar-refractivity contribution in [2.24, 2.45) is 11.5 Å². The summed E-state index contributed by atoms with van der Waals surface area (Å²) in [5.74, 6) is 0.286. The quantitative estimate of drug-likeness (QED) is 0.541. The van der Waals surface area contributed by atoms with Crippen LogP contribution in [0.2, 0.25) is 0 Å². The number of hydrogen-bond donors (Lipinski definition) is 4. The van der Waals surface area contributed by atoms with Gasteiger partial charge in [-0.1, -0.05) is 12.1 Å². The molecule has 1 aromatic carbocycles. The molecule has 0 fully saturated rings. The molecule has 0 bridgehead atoms. The highest BCUT2D eigenvalue weighted by Gasteiger charge is 2.03. The molecule has 0 radical (unpaired) electrons. The van der Waals surface area contributed by atoms with Crippen molar-refractivity contribution in [1.82, 2.24) is 5.32 Å². The number of phenolic OH excluding ortho intramolecular Hbond substituents is 1. The summed E-state index contributed by atoms with van der Waals surface area (Å²) in [5.41, 5.74) is 12.4. The fourth-order valence-electron chi connectivity index (χ4n) is 1.40.